The van der Waals surface area contributed by atoms with Crippen molar-refractivity contribution in [3.8, 4) is 0 Å². The van der Waals surface area contributed by atoms with Crippen LogP contribution in [0.4, 0.5) is 5.69 Å². The summed E-state index contributed by atoms with van der Waals surface area (Å²) in [6.07, 6.45) is 2.47. The van der Waals surface area contributed by atoms with Crippen molar-refractivity contribution in [1.82, 2.24) is 5.32 Å². The maximum atomic E-state index is 11.8. The van der Waals surface area contributed by atoms with Crippen molar-refractivity contribution in [1.29, 1.82) is 0 Å². The lowest BCUT2D eigenvalue weighted by Gasteiger charge is -2.13. The van der Waals surface area contributed by atoms with E-state index in [1.807, 2.05) is 6.92 Å². The molecule has 0 radical (unpaired) electrons. The molecule has 0 aromatic heterocycles. The van der Waals surface area contributed by atoms with Crippen LogP contribution in [0.15, 0.2) is 30.9 Å². The second-order valence-electron chi connectivity index (χ2n) is 3.61. The average Bonchev–Trinajstić information content (AvgIpc) is 2.22. The van der Waals surface area contributed by atoms with E-state index in [4.69, 9.17) is 17.3 Å². The van der Waals surface area contributed by atoms with Crippen LogP contribution in [-0.4, -0.2) is 11.9 Å². The first-order valence-corrected chi connectivity index (χ1v) is 5.39. The summed E-state index contributed by atoms with van der Waals surface area (Å²) in [7, 11) is 0. The Balaban J connectivity index is 2.81. The highest BCUT2D eigenvalue weighted by atomic mass is 35.5. The number of hydrogen-bond acceptors (Lipinski definition) is 2. The van der Waals surface area contributed by atoms with Gasteiger partial charge in [-0.2, -0.15) is 0 Å². The minimum Gasteiger partial charge on any atom is -0.398 e. The first kappa shape index (κ1) is 12.6. The van der Waals surface area contributed by atoms with E-state index in [2.05, 4.69) is 11.9 Å². The van der Waals surface area contributed by atoms with Crippen molar-refractivity contribution in [2.75, 3.05) is 5.73 Å². The molecular weight excluding hydrogens is 224 g/mol. The molecule has 16 heavy (non-hydrogen) atoms. The molecule has 1 aromatic rings. The van der Waals surface area contributed by atoms with Gasteiger partial charge in [0.15, 0.2) is 0 Å². The van der Waals surface area contributed by atoms with Crippen LogP contribution in [0.1, 0.15) is 23.7 Å². The molecule has 86 valence electrons. The number of anilines is 1. The molecule has 0 fully saturated rings. The number of carbonyl (C=O) groups excluding carboxylic acids is 1. The van der Waals surface area contributed by atoms with Crippen molar-refractivity contribution in [3.63, 3.8) is 0 Å². The molecule has 0 aliphatic heterocycles. The van der Waals surface area contributed by atoms with Crippen LogP contribution >= 0.6 is 11.6 Å². The van der Waals surface area contributed by atoms with Gasteiger partial charge in [0, 0.05) is 6.04 Å². The average molecular weight is 239 g/mol. The van der Waals surface area contributed by atoms with Crippen molar-refractivity contribution >= 4 is 23.2 Å². The maximum Gasteiger partial charge on any atom is 0.253 e. The summed E-state index contributed by atoms with van der Waals surface area (Å²) in [6.45, 7) is 5.52. The molecule has 1 atom stereocenters. The summed E-state index contributed by atoms with van der Waals surface area (Å²) in [4.78, 5) is 11.8. The summed E-state index contributed by atoms with van der Waals surface area (Å²) >= 11 is 5.94. The molecule has 0 heterocycles. The fourth-order valence-corrected chi connectivity index (χ4v) is 1.55. The number of nitrogen functional groups attached to an aromatic ring is 1. The fourth-order valence-electron chi connectivity index (χ4n) is 1.34. The monoisotopic (exact) mass is 238 g/mol. The Hall–Kier alpha value is -1.48. The molecule has 4 heteroatoms. The third-order valence-electron chi connectivity index (χ3n) is 2.17. The van der Waals surface area contributed by atoms with Crippen molar-refractivity contribution < 1.29 is 4.79 Å². The predicted molar refractivity (Wildman–Crippen MR) is 67.6 cm³/mol. The molecule has 1 unspecified atom stereocenters. The largest absolute Gasteiger partial charge is 0.398 e. The third kappa shape index (κ3) is 3.00. The van der Waals surface area contributed by atoms with Crippen LogP contribution in [0.25, 0.3) is 0 Å². The van der Waals surface area contributed by atoms with Crippen molar-refractivity contribution in [2.24, 2.45) is 0 Å². The van der Waals surface area contributed by atoms with E-state index in [1.165, 1.54) is 0 Å². The zero-order valence-electron chi connectivity index (χ0n) is 9.16. The lowest BCUT2D eigenvalue weighted by atomic mass is 10.1. The maximum absolute atomic E-state index is 11.8. The Kier molecular flexibility index (Phi) is 4.38. The van der Waals surface area contributed by atoms with Crippen LogP contribution in [0.3, 0.4) is 0 Å². The second-order valence-corrected chi connectivity index (χ2v) is 3.99. The lowest BCUT2D eigenvalue weighted by molar-refractivity contribution is 0.0940. The van der Waals surface area contributed by atoms with Crippen LogP contribution in [0, 0.1) is 0 Å². The Bertz CT molecular complexity index is 404. The normalized spacial score (nSPS) is 11.9. The number of halogens is 1. The van der Waals surface area contributed by atoms with E-state index in [-0.39, 0.29) is 11.9 Å². The predicted octanol–water partition coefficient (Wildman–Crippen LogP) is 2.62. The van der Waals surface area contributed by atoms with Gasteiger partial charge in [0.2, 0.25) is 0 Å². The van der Waals surface area contributed by atoms with Gasteiger partial charge >= 0.3 is 0 Å². The number of benzene rings is 1. The lowest BCUT2D eigenvalue weighted by Crippen LogP contribution is -2.32. The molecule has 0 spiro atoms. The molecule has 1 rings (SSSR count). The van der Waals surface area contributed by atoms with Gasteiger partial charge in [0.1, 0.15) is 0 Å². The first-order valence-electron chi connectivity index (χ1n) is 5.02. The Morgan fingerprint density at radius 2 is 2.38 bits per heavy atom. The van der Waals surface area contributed by atoms with E-state index < -0.39 is 0 Å². The smallest absolute Gasteiger partial charge is 0.253 e. The highest BCUT2D eigenvalue weighted by Gasteiger charge is 2.13. The standard InChI is InChI=1S/C12H15ClN2O/c1-3-5-8(2)15-12(16)9-6-4-7-10(14)11(9)13/h3-4,6-8H,1,5,14H2,2H3,(H,15,16). The minimum atomic E-state index is -0.216. The summed E-state index contributed by atoms with van der Waals surface area (Å²) in [5.74, 6) is -0.216. The Labute approximate surface area is 100 Å². The topological polar surface area (TPSA) is 55.1 Å². The van der Waals surface area contributed by atoms with Crippen molar-refractivity contribution in [3.05, 3.63) is 41.4 Å². The Morgan fingerprint density at radius 3 is 3.00 bits per heavy atom. The molecule has 0 bridgehead atoms. The quantitative estimate of drug-likeness (QED) is 0.626. The summed E-state index contributed by atoms with van der Waals surface area (Å²) in [5, 5.41) is 3.11. The van der Waals surface area contributed by atoms with E-state index in [1.54, 1.807) is 24.3 Å². The van der Waals surface area contributed by atoms with Gasteiger partial charge in [-0.3, -0.25) is 4.79 Å². The van der Waals surface area contributed by atoms with Gasteiger partial charge in [-0.1, -0.05) is 23.7 Å². The first-order chi connectivity index (χ1) is 7.56. The molecule has 0 saturated heterocycles. The zero-order valence-corrected chi connectivity index (χ0v) is 9.92. The van der Waals surface area contributed by atoms with Crippen molar-refractivity contribution in [2.45, 2.75) is 19.4 Å². The summed E-state index contributed by atoms with van der Waals surface area (Å²) in [5.41, 5.74) is 6.43. The fraction of sp³-hybridized carbons (Fsp3) is 0.250. The van der Waals surface area contributed by atoms with Crippen LogP contribution in [0.5, 0.6) is 0 Å². The van der Waals surface area contributed by atoms with Gasteiger partial charge in [0.05, 0.1) is 16.3 Å². The summed E-state index contributed by atoms with van der Waals surface area (Å²) in [6, 6.07) is 5.04. The number of nitrogens with one attached hydrogen (secondary N) is 1. The van der Waals surface area contributed by atoms with E-state index in [0.717, 1.165) is 0 Å². The number of amides is 1. The van der Waals surface area contributed by atoms with Gasteiger partial charge < -0.3 is 11.1 Å². The summed E-state index contributed by atoms with van der Waals surface area (Å²) < 4.78 is 0. The van der Waals surface area contributed by atoms with Crippen LogP contribution < -0.4 is 11.1 Å². The molecule has 0 aliphatic rings. The number of hydrogen-bond donors (Lipinski definition) is 2. The molecule has 1 aromatic carbocycles. The highest BCUT2D eigenvalue weighted by molar-refractivity contribution is 6.36. The van der Waals surface area contributed by atoms with Gasteiger partial charge in [0.25, 0.3) is 5.91 Å². The molecule has 3 nitrogen and oxygen atoms in total. The molecule has 3 N–H and O–H groups in total. The minimum absolute atomic E-state index is 0.0301. The third-order valence-corrected chi connectivity index (χ3v) is 2.59. The van der Waals surface area contributed by atoms with Gasteiger partial charge in [-0.05, 0) is 25.5 Å². The number of carbonyl (C=O) groups is 1. The van der Waals surface area contributed by atoms with Gasteiger partial charge in [-0.25, -0.2) is 0 Å². The van der Waals surface area contributed by atoms with E-state index >= 15 is 0 Å². The second kappa shape index (κ2) is 5.56. The van der Waals surface area contributed by atoms with Crippen LogP contribution in [-0.2, 0) is 0 Å². The molecule has 0 saturated carbocycles. The Morgan fingerprint density at radius 1 is 1.69 bits per heavy atom. The molecule has 0 aliphatic carbocycles. The highest BCUT2D eigenvalue weighted by Crippen LogP contribution is 2.22. The number of nitrogens with two attached hydrogens (primary N) is 1. The SMILES string of the molecule is C=CCC(C)NC(=O)c1cccc(N)c1Cl. The van der Waals surface area contributed by atoms with E-state index in [9.17, 15) is 4.79 Å². The van der Waals surface area contributed by atoms with E-state index in [0.29, 0.717) is 22.7 Å². The molecular formula is C12H15ClN2O. The zero-order chi connectivity index (χ0) is 12.1. The van der Waals surface area contributed by atoms with Crippen LogP contribution in [0.2, 0.25) is 5.02 Å². The molecule has 1 amide bonds. The van der Waals surface area contributed by atoms with Gasteiger partial charge in [-0.15, -0.1) is 6.58 Å². The number of rotatable bonds is 4.